The van der Waals surface area contributed by atoms with Crippen molar-refractivity contribution in [3.8, 4) is 11.4 Å². The van der Waals surface area contributed by atoms with Gasteiger partial charge >= 0.3 is 0 Å². The average molecular weight is 439 g/mol. The minimum absolute atomic E-state index is 0.469. The van der Waals surface area contributed by atoms with Gasteiger partial charge in [0.25, 0.3) is 0 Å². The fraction of sp³-hybridized carbons (Fsp3) is 0.231. The summed E-state index contributed by atoms with van der Waals surface area (Å²) in [6.07, 6.45) is 2.26. The number of pyridine rings is 1. The van der Waals surface area contributed by atoms with E-state index >= 15 is 0 Å². The van der Waals surface area contributed by atoms with Gasteiger partial charge in [-0.2, -0.15) is 0 Å². The number of H-pyrrole nitrogens is 1. The van der Waals surface area contributed by atoms with Gasteiger partial charge in [0.2, 0.25) is 0 Å². The number of fused-ring (bicyclic) bond motifs is 2. The molecule has 6 rings (SSSR count). The maximum Gasteiger partial charge on any atom is 0.180 e. The van der Waals surface area contributed by atoms with Crippen molar-refractivity contribution < 1.29 is 4.74 Å². The summed E-state index contributed by atoms with van der Waals surface area (Å²) in [6.45, 7) is 5.24. The van der Waals surface area contributed by atoms with Gasteiger partial charge in [-0.3, -0.25) is 4.90 Å². The quantitative estimate of drug-likeness (QED) is 0.446. The number of ether oxygens (including phenoxy) is 1. The van der Waals surface area contributed by atoms with Gasteiger partial charge in [-0.1, -0.05) is 36.4 Å². The lowest BCUT2D eigenvalue weighted by Crippen LogP contribution is -2.35. The van der Waals surface area contributed by atoms with Gasteiger partial charge in [0.05, 0.1) is 18.7 Å². The smallest absolute Gasteiger partial charge is 0.180 e. The van der Waals surface area contributed by atoms with Crippen molar-refractivity contribution in [3.63, 3.8) is 0 Å². The molecule has 1 fully saturated rings. The molecule has 0 unspecified atom stereocenters. The molecule has 0 spiro atoms. The van der Waals surface area contributed by atoms with Crippen molar-refractivity contribution in [2.45, 2.75) is 6.54 Å². The number of nitrogen functional groups attached to an aromatic ring is 1. The molecule has 7 nitrogen and oxygen atoms in total. The average Bonchev–Trinajstić information content (AvgIpc) is 3.28. The summed E-state index contributed by atoms with van der Waals surface area (Å²) in [4.78, 5) is 15.1. The predicted molar refractivity (Wildman–Crippen MR) is 133 cm³/mol. The summed E-state index contributed by atoms with van der Waals surface area (Å²) in [6, 6.07) is 18.7. The number of hydrogen-bond donors (Lipinski definition) is 3. The summed E-state index contributed by atoms with van der Waals surface area (Å²) in [5.41, 5.74) is 14.6. The van der Waals surface area contributed by atoms with E-state index in [4.69, 9.17) is 15.5 Å². The van der Waals surface area contributed by atoms with Crippen LogP contribution < -0.4 is 11.1 Å². The van der Waals surface area contributed by atoms with Crippen LogP contribution in [0.2, 0.25) is 0 Å². The Kier molecular flexibility index (Phi) is 5.05. The number of nitrogens with two attached hydrogens (primary N) is 1. The lowest BCUT2D eigenvalue weighted by atomic mass is 9.97. The molecule has 4 N–H and O–H groups in total. The molecule has 0 saturated carbocycles. The van der Waals surface area contributed by atoms with E-state index in [1.54, 1.807) is 0 Å². The van der Waals surface area contributed by atoms with Crippen molar-refractivity contribution in [2.75, 3.05) is 43.9 Å². The minimum Gasteiger partial charge on any atom is -0.384 e. The number of aromatic nitrogens is 3. The Morgan fingerprint density at radius 2 is 1.85 bits per heavy atom. The monoisotopic (exact) mass is 438 g/mol. The van der Waals surface area contributed by atoms with Crippen LogP contribution >= 0.6 is 0 Å². The van der Waals surface area contributed by atoms with E-state index in [9.17, 15) is 0 Å². The minimum atomic E-state index is 0.469. The number of nitrogens with zero attached hydrogens (tertiary/aromatic N) is 3. The number of hydrogen-bond acceptors (Lipinski definition) is 6. The molecular weight excluding hydrogens is 412 g/mol. The highest BCUT2D eigenvalue weighted by Crippen LogP contribution is 2.33. The number of nitrogens with one attached hydrogen (secondary N) is 2. The Labute approximate surface area is 192 Å². The maximum atomic E-state index is 6.17. The first-order chi connectivity index (χ1) is 16.2. The highest BCUT2D eigenvalue weighted by molar-refractivity contribution is 5.99. The third kappa shape index (κ3) is 3.97. The van der Waals surface area contributed by atoms with Crippen LogP contribution in [0.15, 0.2) is 54.6 Å². The summed E-state index contributed by atoms with van der Waals surface area (Å²) in [5.74, 6) is 1.26. The number of aromatic amines is 1. The number of rotatable bonds is 4. The molecule has 4 aromatic rings. The number of anilines is 2. The second-order valence-electron chi connectivity index (χ2n) is 8.58. The Morgan fingerprint density at radius 3 is 2.70 bits per heavy atom. The van der Waals surface area contributed by atoms with Crippen LogP contribution in [0.5, 0.6) is 0 Å². The number of morpholine rings is 1. The first-order valence-corrected chi connectivity index (χ1v) is 11.3. The molecule has 0 amide bonds. The van der Waals surface area contributed by atoms with Crippen LogP contribution in [0.1, 0.15) is 16.7 Å². The van der Waals surface area contributed by atoms with Gasteiger partial charge in [-0.15, -0.1) is 0 Å². The van der Waals surface area contributed by atoms with Crippen LogP contribution in [0, 0.1) is 0 Å². The van der Waals surface area contributed by atoms with E-state index in [2.05, 4.69) is 44.5 Å². The molecule has 1 saturated heterocycles. The third-order valence-electron chi connectivity index (χ3n) is 6.30. The summed E-state index contributed by atoms with van der Waals surface area (Å²) < 4.78 is 5.48. The molecule has 2 aromatic carbocycles. The lowest BCUT2D eigenvalue weighted by molar-refractivity contribution is 0.0342. The van der Waals surface area contributed by atoms with E-state index in [0.29, 0.717) is 18.0 Å². The first-order valence-electron chi connectivity index (χ1n) is 11.3. The number of imidazole rings is 1. The Balaban J connectivity index is 1.37. The lowest BCUT2D eigenvalue weighted by Gasteiger charge is -2.27. The molecule has 2 aromatic heterocycles. The zero-order valence-corrected chi connectivity index (χ0v) is 18.3. The van der Waals surface area contributed by atoms with Gasteiger partial charge in [0, 0.05) is 43.0 Å². The first kappa shape index (κ1) is 20.0. The molecule has 0 bridgehead atoms. The zero-order valence-electron chi connectivity index (χ0n) is 18.3. The van der Waals surface area contributed by atoms with E-state index < -0.39 is 0 Å². The highest BCUT2D eigenvalue weighted by Gasteiger charge is 2.18. The summed E-state index contributed by atoms with van der Waals surface area (Å²) in [7, 11) is 0. The fourth-order valence-corrected chi connectivity index (χ4v) is 4.60. The van der Waals surface area contributed by atoms with Crippen LogP contribution in [0.25, 0.3) is 34.2 Å². The van der Waals surface area contributed by atoms with E-state index in [1.807, 2.05) is 36.4 Å². The van der Waals surface area contributed by atoms with E-state index in [0.717, 1.165) is 66.6 Å². The van der Waals surface area contributed by atoms with Crippen LogP contribution in [-0.4, -0.2) is 52.7 Å². The molecule has 0 radical (unpaired) electrons. The van der Waals surface area contributed by atoms with Crippen LogP contribution in [0.3, 0.4) is 0 Å². The molecule has 2 aliphatic rings. The molecule has 166 valence electrons. The molecule has 0 aliphatic carbocycles. The second kappa shape index (κ2) is 8.35. The van der Waals surface area contributed by atoms with Gasteiger partial charge in [0.1, 0.15) is 11.6 Å². The van der Waals surface area contributed by atoms with Crippen LogP contribution in [-0.2, 0) is 11.3 Å². The standard InChI is InChI=1S/C26H26N6O/c27-23-14-21(24-26(29-23)31-25(30-24)18-4-2-1-3-5-18)20-13-19-12-17(6-7-22(19)28-15-20)16-32-8-10-33-11-9-32/h1-7,12-14,28H,8-11,15-16H2,(H3,27,29,30,31). The van der Waals surface area contributed by atoms with Gasteiger partial charge < -0.3 is 20.8 Å². The van der Waals surface area contributed by atoms with Gasteiger partial charge in [-0.05, 0) is 41.0 Å². The third-order valence-corrected chi connectivity index (χ3v) is 6.30. The highest BCUT2D eigenvalue weighted by atomic mass is 16.5. The van der Waals surface area contributed by atoms with Gasteiger partial charge in [-0.25, -0.2) is 9.97 Å². The molecular formula is C26H26N6O. The fourth-order valence-electron chi connectivity index (χ4n) is 4.60. The van der Waals surface area contributed by atoms with Crippen molar-refractivity contribution >= 4 is 34.3 Å². The van der Waals surface area contributed by atoms with Crippen LogP contribution in [0.4, 0.5) is 11.5 Å². The van der Waals surface area contributed by atoms with Crippen molar-refractivity contribution in [2.24, 2.45) is 0 Å². The van der Waals surface area contributed by atoms with Crippen molar-refractivity contribution in [1.82, 2.24) is 19.9 Å². The summed E-state index contributed by atoms with van der Waals surface area (Å²) in [5, 5.41) is 3.57. The van der Waals surface area contributed by atoms with E-state index in [1.165, 1.54) is 11.1 Å². The topological polar surface area (TPSA) is 92.1 Å². The maximum absolute atomic E-state index is 6.17. The molecule has 7 heteroatoms. The summed E-state index contributed by atoms with van der Waals surface area (Å²) >= 11 is 0. The SMILES string of the molecule is Nc1cc(C2=Cc3cc(CN4CCOCC4)ccc3NC2)c2[nH]c(-c3ccccc3)nc2n1. The van der Waals surface area contributed by atoms with Crippen molar-refractivity contribution in [3.05, 3.63) is 71.3 Å². The Hall–Kier alpha value is -3.68. The second-order valence-corrected chi connectivity index (χ2v) is 8.58. The molecule has 33 heavy (non-hydrogen) atoms. The number of benzene rings is 2. The largest absolute Gasteiger partial charge is 0.384 e. The van der Waals surface area contributed by atoms with Crippen molar-refractivity contribution in [1.29, 1.82) is 0 Å². The Morgan fingerprint density at radius 1 is 1.00 bits per heavy atom. The molecule has 0 atom stereocenters. The van der Waals surface area contributed by atoms with Gasteiger partial charge in [0.15, 0.2) is 5.65 Å². The predicted octanol–water partition coefficient (Wildman–Crippen LogP) is 4.01. The zero-order chi connectivity index (χ0) is 22.2. The molecule has 2 aliphatic heterocycles. The molecule has 4 heterocycles. The normalized spacial score (nSPS) is 16.3. The van der Waals surface area contributed by atoms with E-state index in [-0.39, 0.29) is 0 Å². The Bertz CT molecular complexity index is 1340.